The average Bonchev–Trinajstić information content (AvgIpc) is 2.49. The minimum absolute atomic E-state index is 0.165. The van der Waals surface area contributed by atoms with Crippen LogP contribution in [0.4, 0.5) is 10.5 Å². The molecule has 1 aromatic carbocycles. The maximum Gasteiger partial charge on any atom is 0.321 e. The van der Waals surface area contributed by atoms with Crippen LogP contribution in [-0.4, -0.2) is 36.2 Å². The summed E-state index contributed by atoms with van der Waals surface area (Å²) in [7, 11) is 0. The Labute approximate surface area is 129 Å². The Morgan fingerprint density at radius 1 is 1.43 bits per heavy atom. The highest BCUT2D eigenvalue weighted by molar-refractivity contribution is 7.98. The lowest BCUT2D eigenvalue weighted by molar-refractivity contribution is -0.123. The first-order valence-corrected chi connectivity index (χ1v) is 8.24. The second-order valence-electron chi connectivity index (χ2n) is 5.25. The Bertz CT molecular complexity index is 548. The molecule has 0 bridgehead atoms. The van der Waals surface area contributed by atoms with Gasteiger partial charge in [0, 0.05) is 23.7 Å². The van der Waals surface area contributed by atoms with E-state index in [1.807, 2.05) is 31.4 Å². The summed E-state index contributed by atoms with van der Waals surface area (Å²) in [5.74, 6) is -0.559. The molecule has 21 heavy (non-hydrogen) atoms. The number of amides is 3. The molecule has 5 nitrogen and oxygen atoms in total. The van der Waals surface area contributed by atoms with Crippen molar-refractivity contribution in [1.29, 1.82) is 0 Å². The number of anilines is 1. The Hall–Kier alpha value is -1.69. The van der Waals surface area contributed by atoms with Crippen LogP contribution >= 0.6 is 11.8 Å². The fourth-order valence-electron chi connectivity index (χ4n) is 2.56. The molecular weight excluding hydrogens is 286 g/mol. The highest BCUT2D eigenvalue weighted by Crippen LogP contribution is 2.26. The monoisotopic (exact) mass is 307 g/mol. The van der Waals surface area contributed by atoms with E-state index in [0.717, 1.165) is 29.0 Å². The van der Waals surface area contributed by atoms with Crippen molar-refractivity contribution in [2.45, 2.75) is 24.7 Å². The van der Waals surface area contributed by atoms with Gasteiger partial charge in [-0.1, -0.05) is 6.07 Å². The smallest absolute Gasteiger partial charge is 0.321 e. The fourth-order valence-corrected chi connectivity index (χ4v) is 3.19. The van der Waals surface area contributed by atoms with Gasteiger partial charge in [-0.25, -0.2) is 4.79 Å². The molecule has 114 valence electrons. The number of piperidine rings is 1. The first kappa shape index (κ1) is 15.7. The van der Waals surface area contributed by atoms with Gasteiger partial charge in [0.1, 0.15) is 0 Å². The summed E-state index contributed by atoms with van der Waals surface area (Å²) >= 11 is 1.65. The van der Waals surface area contributed by atoms with Gasteiger partial charge in [0.05, 0.1) is 5.92 Å². The molecular formula is C15H21N3O2S. The number of nitrogens with one attached hydrogen (secondary N) is 1. The van der Waals surface area contributed by atoms with Gasteiger partial charge < -0.3 is 16.0 Å². The molecule has 0 aromatic heterocycles. The van der Waals surface area contributed by atoms with Crippen molar-refractivity contribution in [2.24, 2.45) is 11.7 Å². The van der Waals surface area contributed by atoms with Gasteiger partial charge in [-0.3, -0.25) is 4.79 Å². The van der Waals surface area contributed by atoms with E-state index in [-0.39, 0.29) is 17.9 Å². The van der Waals surface area contributed by atoms with Crippen LogP contribution in [0.25, 0.3) is 0 Å². The molecule has 1 aliphatic heterocycles. The number of carbonyl (C=O) groups is 2. The zero-order valence-corrected chi connectivity index (χ0v) is 13.2. The van der Waals surface area contributed by atoms with E-state index in [2.05, 4.69) is 5.32 Å². The van der Waals surface area contributed by atoms with Gasteiger partial charge in [-0.2, -0.15) is 0 Å². The average molecular weight is 307 g/mol. The van der Waals surface area contributed by atoms with E-state index in [9.17, 15) is 9.59 Å². The van der Waals surface area contributed by atoms with Crippen molar-refractivity contribution in [3.05, 3.63) is 23.8 Å². The lowest BCUT2D eigenvalue weighted by Crippen LogP contribution is -2.45. The van der Waals surface area contributed by atoms with Crippen LogP contribution in [0.2, 0.25) is 0 Å². The Balaban J connectivity index is 2.06. The summed E-state index contributed by atoms with van der Waals surface area (Å²) in [5, 5.41) is 2.94. The highest BCUT2D eigenvalue weighted by atomic mass is 32.2. The predicted octanol–water partition coefficient (Wildman–Crippen LogP) is 2.45. The molecule has 1 unspecified atom stereocenters. The van der Waals surface area contributed by atoms with Crippen LogP contribution in [0, 0.1) is 12.8 Å². The minimum Gasteiger partial charge on any atom is -0.369 e. The Kier molecular flexibility index (Phi) is 5.12. The molecule has 0 radical (unpaired) electrons. The van der Waals surface area contributed by atoms with Crippen LogP contribution in [-0.2, 0) is 4.79 Å². The highest BCUT2D eigenvalue weighted by Gasteiger charge is 2.27. The number of hydrogen-bond acceptors (Lipinski definition) is 3. The summed E-state index contributed by atoms with van der Waals surface area (Å²) in [6.07, 6.45) is 3.58. The maximum atomic E-state index is 12.3. The fraction of sp³-hybridized carbons (Fsp3) is 0.467. The Morgan fingerprint density at radius 2 is 2.19 bits per heavy atom. The van der Waals surface area contributed by atoms with Gasteiger partial charge in [0.25, 0.3) is 0 Å². The van der Waals surface area contributed by atoms with Crippen molar-refractivity contribution in [1.82, 2.24) is 4.90 Å². The molecule has 2 rings (SSSR count). The van der Waals surface area contributed by atoms with Crippen molar-refractivity contribution in [3.8, 4) is 0 Å². The predicted molar refractivity (Wildman–Crippen MR) is 85.5 cm³/mol. The lowest BCUT2D eigenvalue weighted by atomic mass is 9.98. The number of primary amides is 1. The molecule has 3 amide bonds. The quantitative estimate of drug-likeness (QED) is 0.842. The summed E-state index contributed by atoms with van der Waals surface area (Å²) in [6.45, 7) is 3.06. The van der Waals surface area contributed by atoms with Gasteiger partial charge in [0.15, 0.2) is 0 Å². The number of thioether (sulfide) groups is 1. The first-order valence-electron chi connectivity index (χ1n) is 7.01. The number of carbonyl (C=O) groups excluding carboxylic acids is 2. The number of nitrogens with two attached hydrogens (primary N) is 1. The summed E-state index contributed by atoms with van der Waals surface area (Å²) in [4.78, 5) is 26.4. The molecule has 1 saturated heterocycles. The normalized spacial score (nSPS) is 18.4. The number of rotatable bonds is 3. The van der Waals surface area contributed by atoms with E-state index in [0.29, 0.717) is 13.1 Å². The minimum atomic E-state index is -0.326. The molecule has 1 fully saturated rings. The first-order chi connectivity index (χ1) is 10.0. The molecule has 0 saturated carbocycles. The van der Waals surface area contributed by atoms with Gasteiger partial charge in [-0.15, -0.1) is 11.8 Å². The summed E-state index contributed by atoms with van der Waals surface area (Å²) in [6, 6.07) is 5.68. The standard InChI is InChI=1S/C15H21N3O2S/c1-10-12(6-3-7-13(10)21-2)17-15(20)18-8-4-5-11(9-18)14(16)19/h3,6-7,11H,4-5,8-9H2,1-2H3,(H2,16,19)(H,17,20). The van der Waals surface area contributed by atoms with E-state index in [1.54, 1.807) is 16.7 Å². The number of benzene rings is 1. The molecule has 0 aliphatic carbocycles. The third-order valence-electron chi connectivity index (χ3n) is 3.86. The summed E-state index contributed by atoms with van der Waals surface area (Å²) in [5.41, 5.74) is 7.21. The maximum absolute atomic E-state index is 12.3. The zero-order chi connectivity index (χ0) is 15.4. The third kappa shape index (κ3) is 3.69. The molecule has 1 heterocycles. The molecule has 1 aliphatic rings. The van der Waals surface area contributed by atoms with Gasteiger partial charge >= 0.3 is 6.03 Å². The molecule has 1 aromatic rings. The van der Waals surface area contributed by atoms with Crippen LogP contribution in [0.5, 0.6) is 0 Å². The SMILES string of the molecule is CSc1cccc(NC(=O)N2CCCC(C(N)=O)C2)c1C. The second-order valence-corrected chi connectivity index (χ2v) is 6.10. The largest absolute Gasteiger partial charge is 0.369 e. The number of hydrogen-bond donors (Lipinski definition) is 2. The van der Waals surface area contributed by atoms with E-state index >= 15 is 0 Å². The molecule has 1 atom stereocenters. The van der Waals surface area contributed by atoms with Crippen molar-refractivity contribution in [3.63, 3.8) is 0 Å². The molecule has 0 spiro atoms. The second kappa shape index (κ2) is 6.85. The number of nitrogens with zero attached hydrogens (tertiary/aromatic N) is 1. The molecule has 6 heteroatoms. The van der Waals surface area contributed by atoms with Gasteiger partial charge in [-0.05, 0) is 43.7 Å². The number of likely N-dealkylation sites (tertiary alicyclic amines) is 1. The van der Waals surface area contributed by atoms with Gasteiger partial charge in [0.2, 0.25) is 5.91 Å². The van der Waals surface area contributed by atoms with Crippen LogP contribution in [0.1, 0.15) is 18.4 Å². The topological polar surface area (TPSA) is 75.4 Å². The van der Waals surface area contributed by atoms with Crippen LogP contribution < -0.4 is 11.1 Å². The van der Waals surface area contributed by atoms with Crippen molar-refractivity contribution >= 4 is 29.4 Å². The lowest BCUT2D eigenvalue weighted by Gasteiger charge is -2.31. The third-order valence-corrected chi connectivity index (χ3v) is 4.74. The zero-order valence-electron chi connectivity index (χ0n) is 12.4. The van der Waals surface area contributed by atoms with E-state index in [4.69, 9.17) is 5.73 Å². The Morgan fingerprint density at radius 3 is 2.86 bits per heavy atom. The van der Waals surface area contributed by atoms with Crippen molar-refractivity contribution in [2.75, 3.05) is 24.7 Å². The number of urea groups is 1. The van der Waals surface area contributed by atoms with Crippen LogP contribution in [0.15, 0.2) is 23.1 Å². The van der Waals surface area contributed by atoms with Crippen molar-refractivity contribution < 1.29 is 9.59 Å². The van der Waals surface area contributed by atoms with Crippen LogP contribution in [0.3, 0.4) is 0 Å². The van der Waals surface area contributed by atoms with E-state index < -0.39 is 0 Å². The van der Waals surface area contributed by atoms with E-state index in [1.165, 1.54) is 0 Å². The summed E-state index contributed by atoms with van der Waals surface area (Å²) < 4.78 is 0. The molecule has 3 N–H and O–H groups in total.